The number of hydrogen-bond donors (Lipinski definition) is 1. The predicted octanol–water partition coefficient (Wildman–Crippen LogP) is 4.65. The molecule has 2 aromatic rings. The van der Waals surface area contributed by atoms with E-state index in [1.807, 2.05) is 43.3 Å². The molecule has 0 fully saturated rings. The van der Waals surface area contributed by atoms with Crippen LogP contribution in [-0.2, 0) is 12.8 Å². The van der Waals surface area contributed by atoms with Gasteiger partial charge in [0.2, 0.25) is 0 Å². The number of rotatable bonds is 5. The van der Waals surface area contributed by atoms with E-state index in [4.69, 9.17) is 16.3 Å². The molecule has 21 heavy (non-hydrogen) atoms. The average Bonchev–Trinajstić information content (AvgIpc) is 2.41. The van der Waals surface area contributed by atoms with Crippen molar-refractivity contribution < 1.29 is 9.84 Å². The lowest BCUT2D eigenvalue weighted by Crippen LogP contribution is -2.30. The highest BCUT2D eigenvalue weighted by Gasteiger charge is 2.23. The van der Waals surface area contributed by atoms with Gasteiger partial charge in [-0.2, -0.15) is 0 Å². The van der Waals surface area contributed by atoms with Crippen LogP contribution in [0.4, 0.5) is 0 Å². The summed E-state index contributed by atoms with van der Waals surface area (Å²) in [5, 5.41) is 11.3. The minimum Gasteiger partial charge on any atom is -0.496 e. The van der Waals surface area contributed by atoms with Gasteiger partial charge in [-0.05, 0) is 48.4 Å². The third kappa shape index (κ3) is 4.73. The van der Waals surface area contributed by atoms with Crippen molar-refractivity contribution in [3.05, 3.63) is 63.1 Å². The Kier molecular flexibility index (Phi) is 5.31. The highest BCUT2D eigenvalue weighted by Crippen LogP contribution is 2.28. The molecule has 0 bridgehead atoms. The first-order valence-corrected chi connectivity index (χ1v) is 7.86. The lowest BCUT2D eigenvalue weighted by molar-refractivity contribution is 0.0602. The van der Waals surface area contributed by atoms with Crippen molar-refractivity contribution >= 4 is 27.5 Å². The van der Waals surface area contributed by atoms with Gasteiger partial charge in [0.05, 0.1) is 12.7 Å². The molecule has 1 unspecified atom stereocenters. The quantitative estimate of drug-likeness (QED) is 0.831. The van der Waals surface area contributed by atoms with E-state index in [0.717, 1.165) is 21.3 Å². The maximum Gasteiger partial charge on any atom is 0.122 e. The highest BCUT2D eigenvalue weighted by atomic mass is 79.9. The first-order valence-electron chi connectivity index (χ1n) is 6.69. The molecule has 0 aliphatic carbocycles. The monoisotopic (exact) mass is 368 g/mol. The first-order chi connectivity index (χ1) is 9.89. The van der Waals surface area contributed by atoms with E-state index in [1.165, 1.54) is 0 Å². The molecular weight excluding hydrogens is 352 g/mol. The van der Waals surface area contributed by atoms with Crippen LogP contribution in [0.1, 0.15) is 18.1 Å². The maximum atomic E-state index is 10.7. The van der Waals surface area contributed by atoms with Crippen LogP contribution >= 0.6 is 27.5 Å². The Morgan fingerprint density at radius 2 is 1.81 bits per heavy atom. The molecule has 0 aliphatic rings. The second kappa shape index (κ2) is 6.82. The van der Waals surface area contributed by atoms with Gasteiger partial charge in [0.1, 0.15) is 5.75 Å². The molecule has 0 amide bonds. The van der Waals surface area contributed by atoms with Gasteiger partial charge in [-0.1, -0.05) is 39.7 Å². The summed E-state index contributed by atoms with van der Waals surface area (Å²) in [6, 6.07) is 13.4. The molecule has 4 heteroatoms. The van der Waals surface area contributed by atoms with Gasteiger partial charge in [-0.3, -0.25) is 0 Å². The van der Waals surface area contributed by atoms with Crippen LogP contribution in [0.2, 0.25) is 5.02 Å². The summed E-state index contributed by atoms with van der Waals surface area (Å²) >= 11 is 9.45. The van der Waals surface area contributed by atoms with Crippen molar-refractivity contribution in [1.82, 2.24) is 0 Å². The van der Waals surface area contributed by atoms with Crippen molar-refractivity contribution in [3.63, 3.8) is 0 Å². The minimum atomic E-state index is -0.869. The molecule has 0 radical (unpaired) electrons. The van der Waals surface area contributed by atoms with E-state index >= 15 is 0 Å². The van der Waals surface area contributed by atoms with Crippen LogP contribution in [0.3, 0.4) is 0 Å². The van der Waals surface area contributed by atoms with E-state index in [0.29, 0.717) is 17.9 Å². The van der Waals surface area contributed by atoms with Crippen molar-refractivity contribution in [2.45, 2.75) is 25.4 Å². The van der Waals surface area contributed by atoms with Gasteiger partial charge >= 0.3 is 0 Å². The van der Waals surface area contributed by atoms with Crippen molar-refractivity contribution in [2.24, 2.45) is 0 Å². The summed E-state index contributed by atoms with van der Waals surface area (Å²) in [6.45, 7) is 1.83. The lowest BCUT2D eigenvalue weighted by atomic mass is 9.89. The third-order valence-electron chi connectivity index (χ3n) is 3.31. The largest absolute Gasteiger partial charge is 0.496 e. The summed E-state index contributed by atoms with van der Waals surface area (Å²) < 4.78 is 6.37. The zero-order valence-electron chi connectivity index (χ0n) is 12.1. The van der Waals surface area contributed by atoms with Crippen molar-refractivity contribution in [2.75, 3.05) is 7.11 Å². The van der Waals surface area contributed by atoms with Crippen LogP contribution in [0.5, 0.6) is 5.75 Å². The highest BCUT2D eigenvalue weighted by molar-refractivity contribution is 9.10. The number of benzene rings is 2. The Labute approximate surface area is 138 Å². The van der Waals surface area contributed by atoms with Crippen LogP contribution in [0, 0.1) is 0 Å². The molecule has 0 saturated carbocycles. The number of methoxy groups -OCH3 is 1. The summed E-state index contributed by atoms with van der Waals surface area (Å²) in [7, 11) is 1.62. The summed E-state index contributed by atoms with van der Waals surface area (Å²) in [5.74, 6) is 0.746. The zero-order chi connectivity index (χ0) is 15.5. The van der Waals surface area contributed by atoms with Crippen LogP contribution in [0.15, 0.2) is 46.9 Å². The number of hydrogen-bond acceptors (Lipinski definition) is 2. The molecule has 112 valence electrons. The molecule has 1 atom stereocenters. The van der Waals surface area contributed by atoms with E-state index in [2.05, 4.69) is 15.9 Å². The van der Waals surface area contributed by atoms with E-state index in [1.54, 1.807) is 13.2 Å². The van der Waals surface area contributed by atoms with Crippen LogP contribution < -0.4 is 4.74 Å². The first kappa shape index (κ1) is 16.3. The standard InChI is InChI=1S/C17H18BrClO2/c1-17(20,10-12-3-5-14(18)6-4-12)11-13-9-15(19)7-8-16(13)21-2/h3-9,20H,10-11H2,1-2H3. The van der Waals surface area contributed by atoms with Gasteiger partial charge in [-0.25, -0.2) is 0 Å². The van der Waals surface area contributed by atoms with Gasteiger partial charge in [0, 0.05) is 22.3 Å². The number of ether oxygens (including phenoxy) is 1. The van der Waals surface area contributed by atoms with Gasteiger partial charge in [0.25, 0.3) is 0 Å². The summed E-state index contributed by atoms with van der Waals surface area (Å²) in [6.07, 6.45) is 1.04. The second-order valence-corrected chi connectivity index (χ2v) is 6.79. The molecule has 2 aromatic carbocycles. The summed E-state index contributed by atoms with van der Waals surface area (Å²) in [4.78, 5) is 0. The van der Waals surface area contributed by atoms with Crippen molar-refractivity contribution in [3.8, 4) is 5.75 Å². The average molecular weight is 370 g/mol. The van der Waals surface area contributed by atoms with Gasteiger partial charge < -0.3 is 9.84 Å². The van der Waals surface area contributed by atoms with E-state index < -0.39 is 5.60 Å². The lowest BCUT2D eigenvalue weighted by Gasteiger charge is -2.24. The summed E-state index contributed by atoms with van der Waals surface area (Å²) in [5.41, 5.74) is 1.13. The fraction of sp³-hybridized carbons (Fsp3) is 0.294. The third-order valence-corrected chi connectivity index (χ3v) is 4.08. The Bertz CT molecular complexity index is 609. The van der Waals surface area contributed by atoms with E-state index in [-0.39, 0.29) is 0 Å². The number of aliphatic hydroxyl groups is 1. The zero-order valence-corrected chi connectivity index (χ0v) is 14.4. The molecular formula is C17H18BrClO2. The number of halogens is 2. The van der Waals surface area contributed by atoms with Gasteiger partial charge in [-0.15, -0.1) is 0 Å². The molecule has 0 spiro atoms. The van der Waals surface area contributed by atoms with Crippen LogP contribution in [0.25, 0.3) is 0 Å². The van der Waals surface area contributed by atoms with Gasteiger partial charge in [0.15, 0.2) is 0 Å². The minimum absolute atomic E-state index is 0.479. The fourth-order valence-electron chi connectivity index (χ4n) is 2.40. The fourth-order valence-corrected chi connectivity index (χ4v) is 2.86. The molecule has 0 aromatic heterocycles. The Morgan fingerprint density at radius 3 is 2.43 bits per heavy atom. The van der Waals surface area contributed by atoms with Crippen LogP contribution in [-0.4, -0.2) is 17.8 Å². The Balaban J connectivity index is 2.16. The normalized spacial score (nSPS) is 13.8. The second-order valence-electron chi connectivity index (χ2n) is 5.43. The smallest absolute Gasteiger partial charge is 0.122 e. The Morgan fingerprint density at radius 1 is 1.14 bits per heavy atom. The Hall–Kier alpha value is -1.03. The molecule has 0 heterocycles. The molecule has 1 N–H and O–H groups in total. The topological polar surface area (TPSA) is 29.5 Å². The van der Waals surface area contributed by atoms with Crippen molar-refractivity contribution in [1.29, 1.82) is 0 Å². The molecule has 0 saturated heterocycles. The molecule has 0 aliphatic heterocycles. The van der Waals surface area contributed by atoms with E-state index in [9.17, 15) is 5.11 Å². The molecule has 2 nitrogen and oxygen atoms in total. The molecule has 2 rings (SSSR count). The SMILES string of the molecule is COc1ccc(Cl)cc1CC(C)(O)Cc1ccc(Br)cc1. The predicted molar refractivity (Wildman–Crippen MR) is 90.2 cm³/mol. The maximum absolute atomic E-state index is 10.7.